The summed E-state index contributed by atoms with van der Waals surface area (Å²) in [7, 11) is 0. The van der Waals surface area contributed by atoms with Crippen molar-refractivity contribution in [1.29, 1.82) is 0 Å². The first-order chi connectivity index (χ1) is 10.6. The summed E-state index contributed by atoms with van der Waals surface area (Å²) in [6, 6.07) is 5.95. The van der Waals surface area contributed by atoms with E-state index in [1.807, 2.05) is 0 Å². The van der Waals surface area contributed by atoms with Crippen molar-refractivity contribution in [3.63, 3.8) is 0 Å². The first-order valence-corrected chi connectivity index (χ1v) is 6.30. The lowest BCUT2D eigenvalue weighted by Crippen LogP contribution is -1.96. The largest absolute Gasteiger partial charge is 0.403 e. The van der Waals surface area contributed by atoms with Crippen LogP contribution in [0.2, 0.25) is 0 Å². The molecule has 2 aromatic heterocycles. The van der Waals surface area contributed by atoms with E-state index in [2.05, 4.69) is 30.7 Å². The van der Waals surface area contributed by atoms with Gasteiger partial charge in [0.25, 0.3) is 5.69 Å². The number of aromatic amines is 1. The van der Waals surface area contributed by atoms with Crippen molar-refractivity contribution >= 4 is 29.7 Å². The Morgan fingerprint density at radius 2 is 2.23 bits per heavy atom. The molecule has 0 saturated heterocycles. The van der Waals surface area contributed by atoms with E-state index in [9.17, 15) is 10.1 Å². The Hall–Kier alpha value is -3.21. The van der Waals surface area contributed by atoms with Crippen LogP contribution < -0.4 is 5.32 Å². The highest BCUT2D eigenvalue weighted by Gasteiger charge is 2.13. The average molecular weight is 317 g/mol. The van der Waals surface area contributed by atoms with Crippen molar-refractivity contribution in [2.45, 2.75) is 0 Å². The van der Waals surface area contributed by atoms with Gasteiger partial charge in [-0.05, 0) is 18.3 Å². The van der Waals surface area contributed by atoms with Gasteiger partial charge in [0.05, 0.1) is 11.1 Å². The molecule has 2 heterocycles. The maximum absolute atomic E-state index is 10.8. The molecule has 0 aliphatic rings. The van der Waals surface area contributed by atoms with Crippen LogP contribution in [0.5, 0.6) is 0 Å². The number of nitro groups is 1. The number of rotatable bonds is 4. The minimum atomic E-state index is -0.499. The lowest BCUT2D eigenvalue weighted by atomic mass is 10.2. The molecule has 2 N–H and O–H groups in total. The Kier molecular flexibility index (Phi) is 3.53. The number of hydrogen-bond acceptors (Lipinski definition) is 9. The Labute approximate surface area is 127 Å². The Morgan fingerprint density at radius 3 is 2.95 bits per heavy atom. The zero-order valence-corrected chi connectivity index (χ0v) is 11.6. The molecule has 0 amide bonds. The monoisotopic (exact) mass is 317 g/mol. The number of H-pyrrole nitrogens is 1. The fourth-order valence-corrected chi connectivity index (χ4v) is 1.70. The number of anilines is 2. The lowest BCUT2D eigenvalue weighted by molar-refractivity contribution is -0.384. The standard InChI is InChI=1S/C11H7N7O3S/c19-18(20)7-3-1-2-6(4-7)9-15-16-10(21-9)13-8-5-12-11(22)17-14-8/h1-5H,(H,12,17,22)(H,13,14,16). The molecule has 0 radical (unpaired) electrons. The number of benzene rings is 1. The summed E-state index contributed by atoms with van der Waals surface area (Å²) in [5.41, 5.74) is 0.375. The van der Waals surface area contributed by atoms with E-state index >= 15 is 0 Å². The third kappa shape index (κ3) is 2.93. The number of aromatic nitrogens is 5. The van der Waals surface area contributed by atoms with Crippen LogP contribution in [0.15, 0.2) is 34.9 Å². The zero-order chi connectivity index (χ0) is 15.5. The van der Waals surface area contributed by atoms with Crippen molar-refractivity contribution in [2.24, 2.45) is 0 Å². The van der Waals surface area contributed by atoms with Gasteiger partial charge in [-0.25, -0.2) is 10.1 Å². The summed E-state index contributed by atoms with van der Waals surface area (Å²) in [4.78, 5) is 14.1. The summed E-state index contributed by atoms with van der Waals surface area (Å²) < 4.78 is 5.62. The minimum Gasteiger partial charge on any atom is -0.403 e. The normalized spacial score (nSPS) is 10.4. The molecule has 0 aliphatic heterocycles. The van der Waals surface area contributed by atoms with Crippen molar-refractivity contribution < 1.29 is 9.34 Å². The van der Waals surface area contributed by atoms with E-state index in [0.29, 0.717) is 11.4 Å². The summed E-state index contributed by atoms with van der Waals surface area (Å²) in [5, 5.41) is 27.5. The lowest BCUT2D eigenvalue weighted by Gasteiger charge is -1.97. The highest BCUT2D eigenvalue weighted by atomic mass is 32.1. The van der Waals surface area contributed by atoms with Crippen molar-refractivity contribution in [1.82, 2.24) is 25.4 Å². The van der Waals surface area contributed by atoms with Crippen LogP contribution >= 0.6 is 12.2 Å². The second-order valence-electron chi connectivity index (χ2n) is 4.02. The third-order valence-electron chi connectivity index (χ3n) is 2.54. The SMILES string of the molecule is O=[N+]([O-])c1cccc(-c2nnc(Nc3cnc(=S)[nH]n3)o2)c1. The van der Waals surface area contributed by atoms with E-state index in [4.69, 9.17) is 16.6 Å². The molecule has 22 heavy (non-hydrogen) atoms. The summed E-state index contributed by atoms with van der Waals surface area (Å²) in [6.07, 6.45) is 1.40. The zero-order valence-electron chi connectivity index (χ0n) is 10.8. The molecule has 110 valence electrons. The summed E-state index contributed by atoms with van der Waals surface area (Å²) >= 11 is 4.77. The second-order valence-corrected chi connectivity index (χ2v) is 4.40. The van der Waals surface area contributed by atoms with Crippen LogP contribution in [0.4, 0.5) is 17.5 Å². The molecule has 0 saturated carbocycles. The second kappa shape index (κ2) is 5.65. The molecule has 3 aromatic rings. The van der Waals surface area contributed by atoms with E-state index in [1.165, 1.54) is 24.4 Å². The molecule has 0 atom stereocenters. The first-order valence-electron chi connectivity index (χ1n) is 5.89. The van der Waals surface area contributed by atoms with Gasteiger partial charge in [0, 0.05) is 17.7 Å². The van der Waals surface area contributed by atoms with Gasteiger partial charge < -0.3 is 4.42 Å². The number of nitrogens with one attached hydrogen (secondary N) is 2. The van der Waals surface area contributed by atoms with Gasteiger partial charge >= 0.3 is 6.01 Å². The van der Waals surface area contributed by atoms with Gasteiger partial charge in [0.1, 0.15) is 0 Å². The molecular formula is C11H7N7O3S. The average Bonchev–Trinajstić information content (AvgIpc) is 2.98. The molecule has 1 aromatic carbocycles. The maximum atomic E-state index is 10.8. The number of nitro benzene ring substituents is 1. The van der Waals surface area contributed by atoms with Gasteiger partial charge in [-0.15, -0.1) is 5.10 Å². The molecule has 0 unspecified atom stereocenters. The summed E-state index contributed by atoms with van der Waals surface area (Å²) in [5.74, 6) is 0.478. The Bertz CT molecular complexity index is 871. The van der Waals surface area contributed by atoms with Crippen molar-refractivity contribution in [3.05, 3.63) is 45.3 Å². The molecule has 3 rings (SSSR count). The third-order valence-corrected chi connectivity index (χ3v) is 2.74. The molecule has 0 aliphatic carbocycles. The Balaban J connectivity index is 1.84. The summed E-state index contributed by atoms with van der Waals surface area (Å²) in [6.45, 7) is 0. The highest BCUT2D eigenvalue weighted by molar-refractivity contribution is 7.71. The molecule has 10 nitrogen and oxygen atoms in total. The number of hydrogen-bond donors (Lipinski definition) is 2. The fourth-order valence-electron chi connectivity index (χ4n) is 1.60. The van der Waals surface area contributed by atoms with E-state index < -0.39 is 4.92 Å². The van der Waals surface area contributed by atoms with Crippen LogP contribution in [0, 0.1) is 14.9 Å². The predicted molar refractivity (Wildman–Crippen MR) is 76.9 cm³/mol. The van der Waals surface area contributed by atoms with Crippen LogP contribution in [-0.2, 0) is 0 Å². The molecule has 11 heteroatoms. The van der Waals surface area contributed by atoms with Gasteiger partial charge in [-0.2, -0.15) is 5.10 Å². The predicted octanol–water partition coefficient (Wildman–Crippen LogP) is 2.24. The maximum Gasteiger partial charge on any atom is 0.321 e. The van der Waals surface area contributed by atoms with E-state index in [0.717, 1.165) is 0 Å². The topological polar surface area (TPSA) is 136 Å². The van der Waals surface area contributed by atoms with Gasteiger partial charge in [-0.3, -0.25) is 15.4 Å². The fraction of sp³-hybridized carbons (Fsp3) is 0. The molecule has 0 spiro atoms. The van der Waals surface area contributed by atoms with E-state index in [-0.39, 0.29) is 22.4 Å². The van der Waals surface area contributed by atoms with Crippen LogP contribution in [0.25, 0.3) is 11.5 Å². The Morgan fingerprint density at radius 1 is 1.36 bits per heavy atom. The molecule has 0 fully saturated rings. The van der Waals surface area contributed by atoms with Crippen LogP contribution in [-0.4, -0.2) is 30.3 Å². The van der Waals surface area contributed by atoms with E-state index in [1.54, 1.807) is 6.07 Å². The minimum absolute atomic E-state index is 0.0632. The number of non-ortho nitro benzene ring substituents is 1. The molecule has 0 bridgehead atoms. The van der Waals surface area contributed by atoms with Crippen LogP contribution in [0.3, 0.4) is 0 Å². The first kappa shape index (κ1) is 13.8. The highest BCUT2D eigenvalue weighted by Crippen LogP contribution is 2.24. The van der Waals surface area contributed by atoms with Gasteiger partial charge in [0.15, 0.2) is 5.82 Å². The van der Waals surface area contributed by atoms with Gasteiger partial charge in [0.2, 0.25) is 10.7 Å². The number of nitrogens with zero attached hydrogens (tertiary/aromatic N) is 5. The van der Waals surface area contributed by atoms with Crippen molar-refractivity contribution in [3.8, 4) is 11.5 Å². The molecular weight excluding hydrogens is 310 g/mol. The quantitative estimate of drug-likeness (QED) is 0.421. The van der Waals surface area contributed by atoms with Gasteiger partial charge in [-0.1, -0.05) is 11.2 Å². The van der Waals surface area contributed by atoms with Crippen LogP contribution in [0.1, 0.15) is 0 Å². The smallest absolute Gasteiger partial charge is 0.321 e. The van der Waals surface area contributed by atoms with Crippen molar-refractivity contribution in [2.75, 3.05) is 5.32 Å².